The summed E-state index contributed by atoms with van der Waals surface area (Å²) in [6.07, 6.45) is 4.94. The molecule has 0 unspecified atom stereocenters. The van der Waals surface area contributed by atoms with E-state index in [9.17, 15) is 0 Å². The van der Waals surface area contributed by atoms with E-state index < -0.39 is 0 Å². The standard InChI is InChI=1S/C16H29N5OS/c1-13-11-19-14(23-13)5-8-18-15(17-2)20-12-16(21(3)4)6-9-22-10-7-16/h11H,5-10,12H2,1-4H3,(H2,17,18,20). The van der Waals surface area contributed by atoms with Gasteiger partial charge in [-0.1, -0.05) is 0 Å². The van der Waals surface area contributed by atoms with Crippen molar-refractivity contribution < 1.29 is 4.74 Å². The lowest BCUT2D eigenvalue weighted by Gasteiger charge is -2.43. The van der Waals surface area contributed by atoms with E-state index in [-0.39, 0.29) is 5.54 Å². The van der Waals surface area contributed by atoms with Gasteiger partial charge in [0.05, 0.1) is 5.01 Å². The van der Waals surface area contributed by atoms with E-state index in [2.05, 4.69) is 46.5 Å². The summed E-state index contributed by atoms with van der Waals surface area (Å²) in [7, 11) is 6.11. The Balaban J connectivity index is 1.79. The molecule has 0 atom stereocenters. The van der Waals surface area contributed by atoms with Gasteiger partial charge in [-0.15, -0.1) is 11.3 Å². The monoisotopic (exact) mass is 339 g/mol. The van der Waals surface area contributed by atoms with Gasteiger partial charge in [-0.25, -0.2) is 4.98 Å². The molecule has 0 spiro atoms. The maximum atomic E-state index is 5.52. The second-order valence-corrected chi connectivity index (χ2v) is 7.52. The summed E-state index contributed by atoms with van der Waals surface area (Å²) in [6, 6.07) is 0. The Labute approximate surface area is 143 Å². The number of nitrogens with one attached hydrogen (secondary N) is 2. The smallest absolute Gasteiger partial charge is 0.191 e. The van der Waals surface area contributed by atoms with Gasteiger partial charge in [-0.3, -0.25) is 4.99 Å². The zero-order valence-corrected chi connectivity index (χ0v) is 15.5. The van der Waals surface area contributed by atoms with E-state index in [4.69, 9.17) is 4.74 Å². The molecule has 1 saturated heterocycles. The molecule has 0 bridgehead atoms. The van der Waals surface area contributed by atoms with Crippen LogP contribution < -0.4 is 10.6 Å². The summed E-state index contributed by atoms with van der Waals surface area (Å²) in [5, 5.41) is 8.02. The number of hydrogen-bond acceptors (Lipinski definition) is 5. The summed E-state index contributed by atoms with van der Waals surface area (Å²) in [5.74, 6) is 0.853. The number of ether oxygens (including phenoxy) is 1. The molecule has 2 rings (SSSR count). The normalized spacial score (nSPS) is 18.2. The number of aromatic nitrogens is 1. The lowest BCUT2D eigenvalue weighted by molar-refractivity contribution is -0.00500. The quantitative estimate of drug-likeness (QED) is 0.604. The highest BCUT2D eigenvalue weighted by molar-refractivity contribution is 7.11. The average Bonchev–Trinajstić information content (AvgIpc) is 2.96. The van der Waals surface area contributed by atoms with Crippen molar-refractivity contribution >= 4 is 17.3 Å². The van der Waals surface area contributed by atoms with Crippen LogP contribution in [0.25, 0.3) is 0 Å². The first-order valence-corrected chi connectivity index (χ1v) is 8.98. The second kappa shape index (κ2) is 8.61. The molecule has 23 heavy (non-hydrogen) atoms. The van der Waals surface area contributed by atoms with Gasteiger partial charge in [0.15, 0.2) is 5.96 Å². The predicted octanol–water partition coefficient (Wildman–Crippen LogP) is 1.27. The fourth-order valence-corrected chi connectivity index (χ4v) is 3.59. The Morgan fingerprint density at radius 2 is 2.13 bits per heavy atom. The van der Waals surface area contributed by atoms with Crippen molar-refractivity contribution in [2.45, 2.75) is 31.7 Å². The van der Waals surface area contributed by atoms with Crippen molar-refractivity contribution in [1.29, 1.82) is 0 Å². The Hall–Kier alpha value is -1.18. The highest BCUT2D eigenvalue weighted by Gasteiger charge is 2.34. The minimum absolute atomic E-state index is 0.141. The van der Waals surface area contributed by atoms with Gasteiger partial charge in [0, 0.05) is 56.4 Å². The van der Waals surface area contributed by atoms with Crippen LogP contribution in [0.4, 0.5) is 0 Å². The van der Waals surface area contributed by atoms with E-state index in [1.54, 1.807) is 11.3 Å². The van der Waals surface area contributed by atoms with E-state index in [1.165, 1.54) is 9.88 Å². The molecule has 2 N–H and O–H groups in total. The van der Waals surface area contributed by atoms with Gasteiger partial charge in [0.25, 0.3) is 0 Å². The fraction of sp³-hybridized carbons (Fsp3) is 0.750. The number of hydrogen-bond donors (Lipinski definition) is 2. The molecule has 1 aromatic rings. The molecule has 6 nitrogen and oxygen atoms in total. The van der Waals surface area contributed by atoms with E-state index >= 15 is 0 Å². The first kappa shape index (κ1) is 18.2. The van der Waals surface area contributed by atoms with Gasteiger partial charge in [-0.05, 0) is 33.9 Å². The molecule has 0 saturated carbocycles. The van der Waals surface area contributed by atoms with Crippen LogP contribution in [0.2, 0.25) is 0 Å². The van der Waals surface area contributed by atoms with Crippen LogP contribution in [-0.2, 0) is 11.2 Å². The second-order valence-electron chi connectivity index (χ2n) is 6.20. The number of nitrogens with zero attached hydrogens (tertiary/aromatic N) is 3. The largest absolute Gasteiger partial charge is 0.381 e. The third-order valence-electron chi connectivity index (χ3n) is 4.48. The van der Waals surface area contributed by atoms with Crippen molar-refractivity contribution in [2.24, 2.45) is 4.99 Å². The van der Waals surface area contributed by atoms with Crippen LogP contribution in [0.3, 0.4) is 0 Å². The SMILES string of the molecule is CN=C(NCCc1ncc(C)s1)NCC1(N(C)C)CCOCC1. The minimum Gasteiger partial charge on any atom is -0.381 e. The van der Waals surface area contributed by atoms with Crippen LogP contribution in [0.15, 0.2) is 11.2 Å². The summed E-state index contributed by atoms with van der Waals surface area (Å²) < 4.78 is 5.52. The zero-order chi connectivity index (χ0) is 16.7. The summed E-state index contributed by atoms with van der Waals surface area (Å²) in [4.78, 5) is 12.3. The molecular formula is C16H29N5OS. The fourth-order valence-electron chi connectivity index (χ4n) is 2.81. The molecule has 0 radical (unpaired) electrons. The van der Waals surface area contributed by atoms with Crippen molar-refractivity contribution in [3.8, 4) is 0 Å². The number of thiazole rings is 1. The first-order chi connectivity index (χ1) is 11.1. The number of likely N-dealkylation sites (N-methyl/N-ethyl adjacent to an activating group) is 1. The predicted molar refractivity (Wildman–Crippen MR) is 96.4 cm³/mol. The van der Waals surface area contributed by atoms with E-state index in [0.29, 0.717) is 0 Å². The highest BCUT2D eigenvalue weighted by Crippen LogP contribution is 2.24. The highest BCUT2D eigenvalue weighted by atomic mass is 32.1. The van der Waals surface area contributed by atoms with Crippen LogP contribution in [0.1, 0.15) is 22.7 Å². The maximum Gasteiger partial charge on any atom is 0.191 e. The molecule has 1 aliphatic rings. The maximum absolute atomic E-state index is 5.52. The summed E-state index contributed by atoms with van der Waals surface area (Å²) in [5.41, 5.74) is 0.141. The van der Waals surface area contributed by atoms with Gasteiger partial charge < -0.3 is 20.3 Å². The molecule has 130 valence electrons. The zero-order valence-electron chi connectivity index (χ0n) is 14.7. The van der Waals surface area contributed by atoms with Gasteiger partial charge in [-0.2, -0.15) is 0 Å². The summed E-state index contributed by atoms with van der Waals surface area (Å²) >= 11 is 1.75. The molecule has 0 amide bonds. The molecule has 1 fully saturated rings. The van der Waals surface area contributed by atoms with Crippen LogP contribution in [0.5, 0.6) is 0 Å². The van der Waals surface area contributed by atoms with Gasteiger partial charge in [0.1, 0.15) is 0 Å². The minimum atomic E-state index is 0.141. The van der Waals surface area contributed by atoms with Crippen molar-refractivity contribution in [3.63, 3.8) is 0 Å². The molecule has 1 aromatic heterocycles. The van der Waals surface area contributed by atoms with Crippen LogP contribution in [-0.4, -0.2) is 68.8 Å². The average molecular weight is 340 g/mol. The Morgan fingerprint density at radius 1 is 1.39 bits per heavy atom. The number of rotatable bonds is 6. The topological polar surface area (TPSA) is 61.8 Å². The number of aliphatic imine (C=N–C) groups is 1. The lowest BCUT2D eigenvalue weighted by atomic mass is 9.88. The van der Waals surface area contributed by atoms with Crippen molar-refractivity contribution in [3.05, 3.63) is 16.1 Å². The molecule has 2 heterocycles. The number of guanidine groups is 1. The molecular weight excluding hydrogens is 310 g/mol. The Bertz CT molecular complexity index is 508. The van der Waals surface area contributed by atoms with Crippen molar-refractivity contribution in [1.82, 2.24) is 20.5 Å². The molecule has 0 aromatic carbocycles. The van der Waals surface area contributed by atoms with Gasteiger partial charge in [0.2, 0.25) is 0 Å². The molecule has 1 aliphatic heterocycles. The van der Waals surface area contributed by atoms with Crippen LogP contribution in [0, 0.1) is 6.92 Å². The Kier molecular flexibility index (Phi) is 6.80. The summed E-state index contributed by atoms with van der Waals surface area (Å²) in [6.45, 7) is 5.46. The molecule has 7 heteroatoms. The Morgan fingerprint density at radius 3 is 2.70 bits per heavy atom. The lowest BCUT2D eigenvalue weighted by Crippen LogP contribution is -2.57. The van der Waals surface area contributed by atoms with Gasteiger partial charge >= 0.3 is 0 Å². The van der Waals surface area contributed by atoms with Crippen LogP contribution >= 0.6 is 11.3 Å². The first-order valence-electron chi connectivity index (χ1n) is 8.17. The van der Waals surface area contributed by atoms with E-state index in [1.807, 2.05) is 13.2 Å². The number of aryl methyl sites for hydroxylation is 1. The third-order valence-corrected chi connectivity index (χ3v) is 5.45. The van der Waals surface area contributed by atoms with Crippen molar-refractivity contribution in [2.75, 3.05) is 47.4 Å². The third kappa shape index (κ3) is 5.16. The molecule has 0 aliphatic carbocycles. The van der Waals surface area contributed by atoms with E-state index in [0.717, 1.165) is 51.5 Å².